The van der Waals surface area contributed by atoms with Crippen molar-refractivity contribution in [1.29, 1.82) is 0 Å². The Morgan fingerprint density at radius 1 is 1.15 bits per heavy atom. The first-order chi connectivity index (χ1) is 16.3. The van der Waals surface area contributed by atoms with Crippen LogP contribution in [0.25, 0.3) is 11.3 Å². The molecule has 0 atom stereocenters. The first-order valence-electron chi connectivity index (χ1n) is 10.9. The van der Waals surface area contributed by atoms with Crippen LogP contribution >= 0.6 is 0 Å². The van der Waals surface area contributed by atoms with Gasteiger partial charge in [-0.1, -0.05) is 19.9 Å². The number of alkyl halides is 3. The number of halogens is 3. The Hall–Kier alpha value is -3.69. The predicted octanol–water partition coefficient (Wildman–Crippen LogP) is 4.54. The predicted molar refractivity (Wildman–Crippen MR) is 126 cm³/mol. The first kappa shape index (κ1) is 26.6. The Kier molecular flexibility index (Phi) is 9.78. The molecule has 2 N–H and O–H groups in total. The highest BCUT2D eigenvalue weighted by molar-refractivity contribution is 5.94. The summed E-state index contributed by atoms with van der Waals surface area (Å²) in [6.45, 7) is 4.31. The Bertz CT molecular complexity index is 1070. The number of benzene rings is 1. The van der Waals surface area contributed by atoms with Crippen LogP contribution in [0.2, 0.25) is 0 Å². The molecular formula is C24H28F3N5O2. The zero-order chi connectivity index (χ0) is 25.1. The number of carbonyl (C=O) groups is 2. The van der Waals surface area contributed by atoms with Crippen LogP contribution in [-0.4, -0.2) is 41.4 Å². The molecule has 2 aromatic rings. The summed E-state index contributed by atoms with van der Waals surface area (Å²) >= 11 is 0. The maximum Gasteiger partial charge on any atom is 0.433 e. The molecule has 0 saturated carbocycles. The molecule has 0 aliphatic carbocycles. The van der Waals surface area contributed by atoms with E-state index in [0.29, 0.717) is 30.5 Å². The van der Waals surface area contributed by atoms with Crippen LogP contribution < -0.4 is 10.6 Å². The minimum atomic E-state index is -4.61. The fourth-order valence-electron chi connectivity index (χ4n) is 3.05. The zero-order valence-electron chi connectivity index (χ0n) is 19.3. The van der Waals surface area contributed by atoms with E-state index < -0.39 is 11.9 Å². The van der Waals surface area contributed by atoms with Crippen LogP contribution in [0.1, 0.15) is 54.9 Å². The quantitative estimate of drug-likeness (QED) is 0.576. The van der Waals surface area contributed by atoms with Crippen molar-refractivity contribution in [3.05, 3.63) is 65.6 Å². The van der Waals surface area contributed by atoms with Crippen molar-refractivity contribution in [1.82, 2.24) is 20.4 Å². The average Bonchev–Trinajstić information content (AvgIpc) is 3.12. The number of rotatable bonds is 7. The van der Waals surface area contributed by atoms with Gasteiger partial charge in [0.05, 0.1) is 11.4 Å². The molecular weight excluding hydrogens is 447 g/mol. The highest BCUT2D eigenvalue weighted by Crippen LogP contribution is 2.33. The lowest BCUT2D eigenvalue weighted by Crippen LogP contribution is -2.26. The molecule has 1 aliphatic rings. The van der Waals surface area contributed by atoms with Gasteiger partial charge < -0.3 is 10.6 Å². The van der Waals surface area contributed by atoms with Gasteiger partial charge in [0.1, 0.15) is 5.69 Å². The summed E-state index contributed by atoms with van der Waals surface area (Å²) in [6.07, 6.45) is 2.99. The van der Waals surface area contributed by atoms with Gasteiger partial charge in [0.25, 0.3) is 5.91 Å². The van der Waals surface area contributed by atoms with E-state index in [4.69, 9.17) is 0 Å². The highest BCUT2D eigenvalue weighted by Gasteiger charge is 2.36. The summed E-state index contributed by atoms with van der Waals surface area (Å²) in [4.78, 5) is 27.4. The molecule has 1 aliphatic heterocycles. The molecule has 10 heteroatoms. The molecule has 0 radical (unpaired) electrons. The van der Waals surface area contributed by atoms with Crippen molar-refractivity contribution in [2.45, 2.75) is 39.3 Å². The molecule has 0 bridgehead atoms. The Balaban J connectivity index is 0.00000199. The number of nitrogens with one attached hydrogen (secondary N) is 2. The summed E-state index contributed by atoms with van der Waals surface area (Å²) < 4.78 is 41.8. The van der Waals surface area contributed by atoms with Crippen LogP contribution in [0, 0.1) is 0 Å². The smallest absolute Gasteiger partial charge is 0.359 e. The van der Waals surface area contributed by atoms with E-state index in [9.17, 15) is 22.8 Å². The largest absolute Gasteiger partial charge is 0.433 e. The second-order valence-corrected chi connectivity index (χ2v) is 6.97. The lowest BCUT2D eigenvalue weighted by atomic mass is 10.1. The van der Waals surface area contributed by atoms with E-state index in [-0.39, 0.29) is 29.6 Å². The van der Waals surface area contributed by atoms with E-state index in [1.54, 1.807) is 24.6 Å². The van der Waals surface area contributed by atoms with Gasteiger partial charge in [-0.2, -0.15) is 18.3 Å². The third-order valence-electron chi connectivity index (χ3n) is 4.73. The van der Waals surface area contributed by atoms with Gasteiger partial charge in [0, 0.05) is 44.4 Å². The van der Waals surface area contributed by atoms with E-state index in [0.717, 1.165) is 10.7 Å². The number of amides is 2. The summed E-state index contributed by atoms with van der Waals surface area (Å²) in [5.41, 5.74) is 0.373. The number of aromatic nitrogens is 2. The molecule has 0 spiro atoms. The fraction of sp³-hybridized carbons (Fsp3) is 0.333. The number of aliphatic imine (C=N–C) groups is 1. The summed E-state index contributed by atoms with van der Waals surface area (Å²) in [7, 11) is 1.54. The van der Waals surface area contributed by atoms with Gasteiger partial charge >= 0.3 is 6.18 Å². The normalized spacial score (nSPS) is 12.8. The van der Waals surface area contributed by atoms with Crippen LogP contribution in [0.5, 0.6) is 0 Å². The number of hydrogen-bond acceptors (Lipinski definition) is 4. The lowest BCUT2D eigenvalue weighted by Gasteiger charge is -2.11. The third kappa shape index (κ3) is 7.16. The maximum atomic E-state index is 13.6. The molecule has 7 nitrogen and oxygen atoms in total. The van der Waals surface area contributed by atoms with E-state index >= 15 is 0 Å². The van der Waals surface area contributed by atoms with Crippen LogP contribution in [0.4, 0.5) is 13.2 Å². The summed E-state index contributed by atoms with van der Waals surface area (Å²) in [6, 6.07) is 6.70. The van der Waals surface area contributed by atoms with Gasteiger partial charge in [-0.3, -0.25) is 14.6 Å². The standard InChI is InChI=1S/C22H22F3N5O2.C2H6/c1-26-20(31)5-3-12-28-21(32)16-6-8-17(9-7-16)30-19(22(23,24)25)14-18(29-30)15-4-2-11-27-13-10-15;1-2/h2,4,6-9,11,13-14H,3,5,10,12H2,1H3,(H,26,31)(H,28,32);1-2H3. The number of hydrogen-bond donors (Lipinski definition) is 2. The molecule has 1 aromatic heterocycles. The van der Waals surface area contributed by atoms with E-state index in [2.05, 4.69) is 20.7 Å². The highest BCUT2D eigenvalue weighted by atomic mass is 19.4. The summed E-state index contributed by atoms with van der Waals surface area (Å²) in [5, 5.41) is 9.34. The Morgan fingerprint density at radius 2 is 1.85 bits per heavy atom. The summed E-state index contributed by atoms with van der Waals surface area (Å²) in [5.74, 6) is -0.495. The van der Waals surface area contributed by atoms with Gasteiger partial charge in [0.15, 0.2) is 0 Å². The SMILES string of the molecule is CC.CNC(=O)CCCNC(=O)c1ccc(-n2nc(C3=CC=CN=CC3)cc2C(F)(F)F)cc1. The van der Waals surface area contributed by atoms with Crippen molar-refractivity contribution in [2.24, 2.45) is 4.99 Å². The Morgan fingerprint density at radius 3 is 2.50 bits per heavy atom. The first-order valence-corrected chi connectivity index (χ1v) is 10.9. The molecule has 2 amide bonds. The van der Waals surface area contributed by atoms with Crippen molar-refractivity contribution >= 4 is 23.6 Å². The van der Waals surface area contributed by atoms with Crippen LogP contribution in [0.3, 0.4) is 0 Å². The van der Waals surface area contributed by atoms with Crippen LogP contribution in [-0.2, 0) is 11.0 Å². The van der Waals surface area contributed by atoms with E-state index in [1.165, 1.54) is 31.3 Å². The van der Waals surface area contributed by atoms with Crippen molar-refractivity contribution in [2.75, 3.05) is 13.6 Å². The second-order valence-electron chi connectivity index (χ2n) is 6.97. The molecule has 182 valence electrons. The second kappa shape index (κ2) is 12.5. The van der Waals surface area contributed by atoms with Gasteiger partial charge in [-0.05, 0) is 48.4 Å². The molecule has 0 unspecified atom stereocenters. The molecule has 0 saturated heterocycles. The number of carbonyl (C=O) groups excluding carboxylic acids is 2. The fourth-order valence-corrected chi connectivity index (χ4v) is 3.05. The molecule has 2 heterocycles. The van der Waals surface area contributed by atoms with Crippen molar-refractivity contribution < 1.29 is 22.8 Å². The topological polar surface area (TPSA) is 88.4 Å². The molecule has 3 rings (SSSR count). The maximum absolute atomic E-state index is 13.6. The van der Waals surface area contributed by atoms with Gasteiger partial charge in [0.2, 0.25) is 5.91 Å². The molecule has 1 aromatic carbocycles. The zero-order valence-corrected chi connectivity index (χ0v) is 19.3. The minimum absolute atomic E-state index is 0.120. The number of allylic oxidation sites excluding steroid dienone is 3. The third-order valence-corrected chi connectivity index (χ3v) is 4.73. The van der Waals surface area contributed by atoms with Gasteiger partial charge in [-0.25, -0.2) is 4.68 Å². The monoisotopic (exact) mass is 475 g/mol. The minimum Gasteiger partial charge on any atom is -0.359 e. The van der Waals surface area contributed by atoms with Gasteiger partial charge in [-0.15, -0.1) is 0 Å². The molecule has 0 fully saturated rings. The van der Waals surface area contributed by atoms with Crippen molar-refractivity contribution in [3.63, 3.8) is 0 Å². The van der Waals surface area contributed by atoms with Crippen molar-refractivity contribution in [3.8, 4) is 5.69 Å². The number of nitrogens with zero attached hydrogens (tertiary/aromatic N) is 3. The Labute approximate surface area is 196 Å². The average molecular weight is 476 g/mol. The molecule has 34 heavy (non-hydrogen) atoms. The lowest BCUT2D eigenvalue weighted by molar-refractivity contribution is -0.142. The van der Waals surface area contributed by atoms with E-state index in [1.807, 2.05) is 13.8 Å². The van der Waals surface area contributed by atoms with Crippen LogP contribution in [0.15, 0.2) is 53.7 Å².